The molecule has 0 spiro atoms. The maximum Gasteiger partial charge on any atom is 0.252 e. The van der Waals surface area contributed by atoms with Gasteiger partial charge in [-0.1, -0.05) is 0 Å². The van der Waals surface area contributed by atoms with Crippen LogP contribution < -0.4 is 15.2 Å². The van der Waals surface area contributed by atoms with Crippen molar-refractivity contribution in [1.29, 1.82) is 5.26 Å². The maximum atomic E-state index is 12.1. The van der Waals surface area contributed by atoms with Crippen LogP contribution in [0.25, 0.3) is 10.8 Å². The Morgan fingerprint density at radius 1 is 1.35 bits per heavy atom. The van der Waals surface area contributed by atoms with Gasteiger partial charge in [0.15, 0.2) is 0 Å². The van der Waals surface area contributed by atoms with Crippen LogP contribution >= 0.6 is 0 Å². The second-order valence-corrected chi connectivity index (χ2v) is 7.70. The summed E-state index contributed by atoms with van der Waals surface area (Å²) in [4.78, 5) is 29.9. The Morgan fingerprint density at radius 2 is 2.13 bits per heavy atom. The minimum atomic E-state index is -0.576. The number of fused-ring (bicyclic) bond motifs is 1. The second-order valence-electron chi connectivity index (χ2n) is 7.70. The highest BCUT2D eigenvalue weighted by Gasteiger charge is 2.35. The molecule has 1 unspecified atom stereocenters. The van der Waals surface area contributed by atoms with Gasteiger partial charge >= 0.3 is 0 Å². The summed E-state index contributed by atoms with van der Waals surface area (Å²) in [6, 6.07) is 7.03. The zero-order valence-corrected chi connectivity index (χ0v) is 17.8. The van der Waals surface area contributed by atoms with Crippen LogP contribution in [-0.4, -0.2) is 60.7 Å². The Kier molecular flexibility index (Phi) is 6.92. The molecule has 1 aliphatic rings. The summed E-state index contributed by atoms with van der Waals surface area (Å²) in [6.45, 7) is 4.86. The molecule has 164 valence electrons. The largest absolute Gasteiger partial charge is 0.490 e. The van der Waals surface area contributed by atoms with Gasteiger partial charge in [0.25, 0.3) is 5.91 Å². The number of nitrogens with zero attached hydrogens (tertiary/aromatic N) is 3. The summed E-state index contributed by atoms with van der Waals surface area (Å²) in [6.07, 6.45) is 1.10. The zero-order chi connectivity index (χ0) is 22.5. The number of likely N-dealkylation sites (tertiary alicyclic amines) is 1. The highest BCUT2D eigenvalue weighted by molar-refractivity contribution is 6.01. The van der Waals surface area contributed by atoms with E-state index in [1.807, 2.05) is 19.9 Å². The topological polar surface area (TPSA) is 128 Å². The van der Waals surface area contributed by atoms with Crippen molar-refractivity contribution in [3.05, 3.63) is 30.0 Å². The normalized spacial score (nSPS) is 18.2. The molecule has 2 atom stereocenters. The predicted octanol–water partition coefficient (Wildman–Crippen LogP) is 1.89. The van der Waals surface area contributed by atoms with E-state index >= 15 is 0 Å². The van der Waals surface area contributed by atoms with Crippen LogP contribution in [0, 0.1) is 17.2 Å². The van der Waals surface area contributed by atoms with Gasteiger partial charge in [-0.25, -0.2) is 4.98 Å². The summed E-state index contributed by atoms with van der Waals surface area (Å²) in [7, 11) is 1.59. The van der Waals surface area contributed by atoms with Gasteiger partial charge in [0.2, 0.25) is 11.8 Å². The van der Waals surface area contributed by atoms with Gasteiger partial charge in [0, 0.05) is 37.7 Å². The van der Waals surface area contributed by atoms with Crippen molar-refractivity contribution in [3.63, 3.8) is 0 Å². The van der Waals surface area contributed by atoms with Crippen LogP contribution in [0.1, 0.15) is 30.6 Å². The first-order valence-electron chi connectivity index (χ1n) is 10.0. The van der Waals surface area contributed by atoms with Gasteiger partial charge in [0.1, 0.15) is 12.2 Å². The third-order valence-corrected chi connectivity index (χ3v) is 5.16. The van der Waals surface area contributed by atoms with Crippen LogP contribution in [0.2, 0.25) is 0 Å². The molecule has 31 heavy (non-hydrogen) atoms. The van der Waals surface area contributed by atoms with Crippen molar-refractivity contribution in [2.75, 3.05) is 26.8 Å². The molecule has 3 rings (SSSR count). The number of rotatable bonds is 8. The lowest BCUT2D eigenvalue weighted by atomic mass is 10.1. The molecule has 9 heteroatoms. The van der Waals surface area contributed by atoms with Gasteiger partial charge in [-0.3, -0.25) is 9.59 Å². The molecule has 0 aliphatic carbocycles. The molecule has 2 N–H and O–H groups in total. The Morgan fingerprint density at radius 3 is 2.77 bits per heavy atom. The minimum absolute atomic E-state index is 0.0685. The van der Waals surface area contributed by atoms with E-state index in [-0.39, 0.29) is 37.1 Å². The molecule has 1 aliphatic heterocycles. The Balaban J connectivity index is 1.83. The van der Waals surface area contributed by atoms with E-state index in [1.54, 1.807) is 36.4 Å². The number of primary amides is 1. The van der Waals surface area contributed by atoms with E-state index in [0.29, 0.717) is 35.7 Å². The van der Waals surface area contributed by atoms with E-state index in [0.717, 1.165) is 5.39 Å². The number of hydrogen-bond acceptors (Lipinski definition) is 7. The van der Waals surface area contributed by atoms with Crippen LogP contribution in [0.3, 0.4) is 0 Å². The molecule has 0 radical (unpaired) electrons. The van der Waals surface area contributed by atoms with E-state index in [1.165, 1.54) is 0 Å². The average Bonchev–Trinajstić information content (AvgIpc) is 3.15. The average molecular weight is 426 g/mol. The number of pyridine rings is 1. The molecule has 1 fully saturated rings. The van der Waals surface area contributed by atoms with Crippen LogP contribution in [0.15, 0.2) is 24.4 Å². The number of hydrogen-bond donors (Lipinski definition) is 1. The maximum absolute atomic E-state index is 12.1. The molecule has 0 bridgehead atoms. The standard InChI is InChI=1S/C22H26N4O5/c1-13(2)31-18-9-16-14(8-17(18)21(24)28)5-7-25-22(16)30-12-15-10-26(11-19(15)29-3)20(27)4-6-23/h5,7-9,13,15,19H,4,10-12H2,1-3H3,(H2,24,28)/t15?,19-/m0/s1. The quantitative estimate of drug-likeness (QED) is 0.682. The summed E-state index contributed by atoms with van der Waals surface area (Å²) < 4.78 is 17.3. The number of benzene rings is 1. The number of carbonyl (C=O) groups is 2. The lowest BCUT2D eigenvalue weighted by molar-refractivity contribution is -0.129. The van der Waals surface area contributed by atoms with Crippen molar-refractivity contribution >= 4 is 22.6 Å². The van der Waals surface area contributed by atoms with Crippen LogP contribution in [0.4, 0.5) is 0 Å². The first kappa shape index (κ1) is 22.3. The van der Waals surface area contributed by atoms with Crippen LogP contribution in [-0.2, 0) is 9.53 Å². The number of carbonyl (C=O) groups excluding carboxylic acids is 2. The predicted molar refractivity (Wildman–Crippen MR) is 113 cm³/mol. The zero-order valence-electron chi connectivity index (χ0n) is 17.8. The molecule has 9 nitrogen and oxygen atoms in total. The number of nitrogens with two attached hydrogens (primary N) is 1. The summed E-state index contributed by atoms with van der Waals surface area (Å²) in [5.41, 5.74) is 5.81. The van der Waals surface area contributed by atoms with E-state index < -0.39 is 5.91 Å². The third kappa shape index (κ3) is 5.03. The van der Waals surface area contributed by atoms with Gasteiger partial charge < -0.3 is 24.8 Å². The highest BCUT2D eigenvalue weighted by Crippen LogP contribution is 2.32. The minimum Gasteiger partial charge on any atom is -0.490 e. The summed E-state index contributed by atoms with van der Waals surface area (Å²) in [5, 5.41) is 10.2. The summed E-state index contributed by atoms with van der Waals surface area (Å²) in [5.74, 6) is -0.103. The van der Waals surface area contributed by atoms with Crippen molar-refractivity contribution in [1.82, 2.24) is 9.88 Å². The molecular formula is C22H26N4O5. The first-order chi connectivity index (χ1) is 14.8. The lowest BCUT2D eigenvalue weighted by Crippen LogP contribution is -2.29. The molecule has 1 aromatic carbocycles. The van der Waals surface area contributed by atoms with Crippen molar-refractivity contribution < 1.29 is 23.8 Å². The van der Waals surface area contributed by atoms with Gasteiger partial charge in [-0.05, 0) is 37.4 Å². The third-order valence-electron chi connectivity index (χ3n) is 5.16. The molecule has 0 saturated carbocycles. The lowest BCUT2D eigenvalue weighted by Gasteiger charge is -2.18. The van der Waals surface area contributed by atoms with Gasteiger partial charge in [0.05, 0.1) is 30.4 Å². The van der Waals surface area contributed by atoms with Gasteiger partial charge in [-0.15, -0.1) is 0 Å². The van der Waals surface area contributed by atoms with E-state index in [2.05, 4.69) is 4.98 Å². The SMILES string of the molecule is CO[C@H]1CN(C(=O)CC#N)CC1COc1nccc2cc(C(N)=O)c(OC(C)C)cc12. The smallest absolute Gasteiger partial charge is 0.252 e. The fourth-order valence-corrected chi connectivity index (χ4v) is 3.67. The molecule has 1 saturated heterocycles. The van der Waals surface area contributed by atoms with Crippen molar-refractivity contribution in [2.24, 2.45) is 11.7 Å². The molecule has 1 aromatic heterocycles. The van der Waals surface area contributed by atoms with Crippen molar-refractivity contribution in [3.8, 4) is 17.7 Å². The summed E-state index contributed by atoms with van der Waals surface area (Å²) >= 11 is 0. The second kappa shape index (κ2) is 9.62. The first-order valence-corrected chi connectivity index (χ1v) is 10.0. The Bertz CT molecular complexity index is 1020. The van der Waals surface area contributed by atoms with Crippen molar-refractivity contribution in [2.45, 2.75) is 32.5 Å². The molecule has 2 amide bonds. The van der Waals surface area contributed by atoms with Gasteiger partial charge in [-0.2, -0.15) is 5.26 Å². The molecule has 2 aromatic rings. The fraction of sp³-hybridized carbons (Fsp3) is 0.455. The monoisotopic (exact) mass is 426 g/mol. The fourth-order valence-electron chi connectivity index (χ4n) is 3.67. The molecular weight excluding hydrogens is 400 g/mol. The number of methoxy groups -OCH3 is 1. The van der Waals surface area contributed by atoms with E-state index in [4.69, 9.17) is 25.2 Å². The van der Waals surface area contributed by atoms with E-state index in [9.17, 15) is 9.59 Å². The highest BCUT2D eigenvalue weighted by atomic mass is 16.5. The van der Waals surface area contributed by atoms with Crippen LogP contribution in [0.5, 0.6) is 11.6 Å². The number of amides is 2. The number of aromatic nitrogens is 1. The number of nitriles is 1. The Labute approximate surface area is 180 Å². The molecule has 2 heterocycles. The number of ether oxygens (including phenoxy) is 3. The Hall–Kier alpha value is -3.38.